The number of rotatable bonds is 6. The maximum absolute atomic E-state index is 13.4. The Hall–Kier alpha value is -4.45. The van der Waals surface area contributed by atoms with E-state index in [1.807, 2.05) is 0 Å². The van der Waals surface area contributed by atoms with Crippen molar-refractivity contribution in [3.8, 4) is 0 Å². The van der Waals surface area contributed by atoms with Crippen LogP contribution in [-0.4, -0.2) is 80.1 Å². The monoisotopic (exact) mass is 526 g/mol. The number of aliphatic carboxylic acids is 2. The standard InChI is InChI=1S/C22H20F2N4O2.C4H4O4/c23-14-1-3-16-18(11-14)22(30)28(21(16)29)10-9-27-7-5-13(6-8-27)20-17-4-2-15(24)12-19(17)25-26-20;5-3(6)1-2-4(7)8/h1-4,11-13H,5-10H2,(H,25,26);1-2H,(H,5,6)(H,7,8). The fraction of sp³-hybridized carbons (Fsp3) is 0.269. The molecule has 5 rings (SSSR count). The molecule has 38 heavy (non-hydrogen) atoms. The molecule has 0 unspecified atom stereocenters. The first-order chi connectivity index (χ1) is 18.1. The normalized spacial score (nSPS) is 16.1. The van der Waals surface area contributed by atoms with Crippen molar-refractivity contribution < 1.29 is 38.2 Å². The van der Waals surface area contributed by atoms with E-state index in [1.165, 1.54) is 29.2 Å². The summed E-state index contributed by atoms with van der Waals surface area (Å²) in [7, 11) is 0. The Kier molecular flexibility index (Phi) is 7.91. The lowest BCUT2D eigenvalue weighted by Crippen LogP contribution is -2.41. The van der Waals surface area contributed by atoms with Gasteiger partial charge in [-0.3, -0.25) is 19.6 Å². The van der Waals surface area contributed by atoms with Crippen molar-refractivity contribution in [1.82, 2.24) is 20.0 Å². The molecule has 0 atom stereocenters. The second-order valence-electron chi connectivity index (χ2n) is 8.88. The molecule has 1 aromatic heterocycles. The van der Waals surface area contributed by atoms with Gasteiger partial charge in [0.15, 0.2) is 0 Å². The Morgan fingerprint density at radius 1 is 0.921 bits per heavy atom. The topological polar surface area (TPSA) is 144 Å². The molecule has 0 radical (unpaired) electrons. The Balaban J connectivity index is 0.000000368. The number of nitrogens with one attached hydrogen (secondary N) is 1. The third-order valence-electron chi connectivity index (χ3n) is 6.48. The van der Waals surface area contributed by atoms with Crippen LogP contribution in [0.5, 0.6) is 0 Å². The lowest BCUT2D eigenvalue weighted by atomic mass is 9.91. The van der Waals surface area contributed by atoms with E-state index in [4.69, 9.17) is 10.2 Å². The van der Waals surface area contributed by atoms with Crippen LogP contribution in [0.2, 0.25) is 0 Å². The molecular weight excluding hydrogens is 502 g/mol. The lowest BCUT2D eigenvalue weighted by Gasteiger charge is -2.32. The Bertz CT molecular complexity index is 1410. The fourth-order valence-corrected chi connectivity index (χ4v) is 4.61. The molecule has 0 saturated carbocycles. The van der Waals surface area contributed by atoms with Gasteiger partial charge in [0, 0.05) is 48.3 Å². The molecule has 198 valence electrons. The highest BCUT2D eigenvalue weighted by molar-refractivity contribution is 6.21. The second kappa shape index (κ2) is 11.3. The number of aromatic amines is 1. The van der Waals surface area contributed by atoms with Crippen LogP contribution in [0.15, 0.2) is 48.6 Å². The average molecular weight is 526 g/mol. The molecule has 3 aromatic rings. The molecule has 0 bridgehead atoms. The fourth-order valence-electron chi connectivity index (χ4n) is 4.61. The summed E-state index contributed by atoms with van der Waals surface area (Å²) in [5.41, 5.74) is 2.07. The summed E-state index contributed by atoms with van der Waals surface area (Å²) in [6.07, 6.45) is 2.93. The number of carbonyl (C=O) groups excluding carboxylic acids is 2. The van der Waals surface area contributed by atoms with Crippen LogP contribution in [-0.2, 0) is 9.59 Å². The van der Waals surface area contributed by atoms with Crippen LogP contribution < -0.4 is 0 Å². The van der Waals surface area contributed by atoms with E-state index in [2.05, 4.69) is 15.1 Å². The van der Waals surface area contributed by atoms with Gasteiger partial charge >= 0.3 is 11.9 Å². The maximum atomic E-state index is 13.4. The summed E-state index contributed by atoms with van der Waals surface area (Å²) >= 11 is 0. The van der Waals surface area contributed by atoms with E-state index in [1.54, 1.807) is 6.07 Å². The molecule has 2 amide bonds. The van der Waals surface area contributed by atoms with E-state index in [9.17, 15) is 28.0 Å². The maximum Gasteiger partial charge on any atom is 0.328 e. The number of carboxylic acids is 2. The molecule has 10 nitrogen and oxygen atoms in total. The van der Waals surface area contributed by atoms with Crippen molar-refractivity contribution >= 4 is 34.7 Å². The number of likely N-dealkylation sites (tertiary alicyclic amines) is 1. The largest absolute Gasteiger partial charge is 0.478 e. The Morgan fingerprint density at radius 2 is 1.53 bits per heavy atom. The van der Waals surface area contributed by atoms with Crippen molar-refractivity contribution in [2.75, 3.05) is 26.2 Å². The SMILES string of the molecule is O=C(O)C=CC(=O)O.O=C1c2ccc(F)cc2C(=O)N1CCN1CCC(c2[nH]nc3cc(F)ccc23)CC1. The first-order valence-electron chi connectivity index (χ1n) is 11.8. The number of H-pyrrole nitrogens is 1. The van der Waals surface area contributed by atoms with Crippen molar-refractivity contribution in [1.29, 1.82) is 0 Å². The van der Waals surface area contributed by atoms with Crippen LogP contribution in [0.25, 0.3) is 10.9 Å². The summed E-state index contributed by atoms with van der Waals surface area (Å²) in [5.74, 6) is -3.82. The Morgan fingerprint density at radius 3 is 2.18 bits per heavy atom. The number of piperidine rings is 1. The number of fused-ring (bicyclic) bond motifs is 2. The van der Waals surface area contributed by atoms with Crippen molar-refractivity contribution in [2.45, 2.75) is 18.8 Å². The number of carbonyl (C=O) groups is 4. The van der Waals surface area contributed by atoms with Crippen LogP contribution >= 0.6 is 0 Å². The molecule has 2 aliphatic heterocycles. The highest BCUT2D eigenvalue weighted by atomic mass is 19.1. The molecule has 0 aliphatic carbocycles. The molecule has 12 heteroatoms. The van der Waals surface area contributed by atoms with Gasteiger partial charge in [-0.25, -0.2) is 18.4 Å². The van der Waals surface area contributed by atoms with Crippen molar-refractivity contribution in [3.63, 3.8) is 0 Å². The van der Waals surface area contributed by atoms with E-state index in [0.717, 1.165) is 43.1 Å². The van der Waals surface area contributed by atoms with Gasteiger partial charge in [0.05, 0.1) is 16.6 Å². The highest BCUT2D eigenvalue weighted by Gasteiger charge is 2.36. The summed E-state index contributed by atoms with van der Waals surface area (Å²) in [5, 5.41) is 23.9. The van der Waals surface area contributed by atoms with Gasteiger partial charge in [0.2, 0.25) is 0 Å². The minimum atomic E-state index is -1.26. The highest BCUT2D eigenvalue weighted by Crippen LogP contribution is 2.32. The third-order valence-corrected chi connectivity index (χ3v) is 6.48. The van der Waals surface area contributed by atoms with E-state index in [-0.39, 0.29) is 29.4 Å². The van der Waals surface area contributed by atoms with E-state index in [0.29, 0.717) is 30.1 Å². The average Bonchev–Trinajstić information content (AvgIpc) is 3.40. The van der Waals surface area contributed by atoms with Gasteiger partial charge in [0.1, 0.15) is 11.6 Å². The molecule has 3 N–H and O–H groups in total. The molecule has 2 aliphatic rings. The summed E-state index contributed by atoms with van der Waals surface area (Å²) in [4.78, 5) is 47.5. The molecular formula is C26H24F2N4O6. The van der Waals surface area contributed by atoms with Crippen LogP contribution in [0, 0.1) is 11.6 Å². The number of amides is 2. The summed E-state index contributed by atoms with van der Waals surface area (Å²) in [6, 6.07) is 8.34. The number of aromatic nitrogens is 2. The van der Waals surface area contributed by atoms with Crippen molar-refractivity contribution in [3.05, 3.63) is 77.0 Å². The van der Waals surface area contributed by atoms with Gasteiger partial charge in [-0.1, -0.05) is 0 Å². The molecule has 0 spiro atoms. The molecule has 1 fully saturated rings. The number of benzene rings is 2. The van der Waals surface area contributed by atoms with Gasteiger partial charge in [-0.2, -0.15) is 5.10 Å². The zero-order valence-electron chi connectivity index (χ0n) is 20.1. The van der Waals surface area contributed by atoms with Gasteiger partial charge in [0.25, 0.3) is 11.8 Å². The summed E-state index contributed by atoms with van der Waals surface area (Å²) < 4.78 is 26.8. The minimum absolute atomic E-state index is 0.140. The zero-order chi connectivity index (χ0) is 27.4. The minimum Gasteiger partial charge on any atom is -0.478 e. The number of halogens is 2. The van der Waals surface area contributed by atoms with Crippen molar-refractivity contribution in [2.24, 2.45) is 0 Å². The smallest absolute Gasteiger partial charge is 0.328 e. The van der Waals surface area contributed by atoms with Gasteiger partial charge in [-0.15, -0.1) is 0 Å². The molecule has 2 aromatic carbocycles. The first kappa shape index (κ1) is 26.6. The van der Waals surface area contributed by atoms with E-state index < -0.39 is 23.7 Å². The number of hydrogen-bond donors (Lipinski definition) is 3. The van der Waals surface area contributed by atoms with Gasteiger partial charge in [-0.05, 0) is 56.3 Å². The predicted molar refractivity (Wildman–Crippen MR) is 131 cm³/mol. The second-order valence-corrected chi connectivity index (χ2v) is 8.88. The molecule has 3 heterocycles. The van der Waals surface area contributed by atoms with E-state index >= 15 is 0 Å². The zero-order valence-corrected chi connectivity index (χ0v) is 20.1. The Labute approximate surface area is 215 Å². The quantitative estimate of drug-likeness (QED) is 0.329. The van der Waals surface area contributed by atoms with Crippen LogP contribution in [0.4, 0.5) is 8.78 Å². The predicted octanol–water partition coefficient (Wildman–Crippen LogP) is 3.03. The third kappa shape index (κ3) is 5.92. The lowest BCUT2D eigenvalue weighted by molar-refractivity contribution is -0.134. The first-order valence-corrected chi connectivity index (χ1v) is 11.8. The van der Waals surface area contributed by atoms with Crippen LogP contribution in [0.3, 0.4) is 0 Å². The molecule has 1 saturated heterocycles. The van der Waals surface area contributed by atoms with Gasteiger partial charge < -0.3 is 15.1 Å². The number of hydrogen-bond acceptors (Lipinski definition) is 6. The summed E-state index contributed by atoms with van der Waals surface area (Å²) in [6.45, 7) is 2.51. The van der Waals surface area contributed by atoms with Crippen LogP contribution in [0.1, 0.15) is 45.2 Å². The number of imide groups is 1. The number of carboxylic acid groups (broad SMARTS) is 2. The number of nitrogens with zero attached hydrogens (tertiary/aromatic N) is 3.